The van der Waals surface area contributed by atoms with Gasteiger partial charge in [0.05, 0.1) is 6.54 Å². The standard InChI is InChI=1S/C10H19N5O3/c1-15(2)10(18)12-4-3-11-9(17)7-5-14-8(16)6-13-7/h7,13H,3-6H2,1-2H3,(H,11,17)(H,12,18)(H,14,16). The lowest BCUT2D eigenvalue weighted by molar-refractivity contribution is -0.126. The molecule has 0 aliphatic carbocycles. The topological polar surface area (TPSA) is 103 Å². The summed E-state index contributed by atoms with van der Waals surface area (Å²) in [6.07, 6.45) is 0. The van der Waals surface area contributed by atoms with E-state index in [0.29, 0.717) is 13.1 Å². The highest BCUT2D eigenvalue weighted by Crippen LogP contribution is 1.87. The van der Waals surface area contributed by atoms with Crippen LogP contribution in [0.25, 0.3) is 0 Å². The van der Waals surface area contributed by atoms with Crippen LogP contribution >= 0.6 is 0 Å². The van der Waals surface area contributed by atoms with Gasteiger partial charge in [-0.1, -0.05) is 0 Å². The minimum atomic E-state index is -0.410. The first kappa shape index (κ1) is 14.2. The molecular formula is C10H19N5O3. The van der Waals surface area contributed by atoms with Gasteiger partial charge >= 0.3 is 6.03 Å². The van der Waals surface area contributed by atoms with Gasteiger partial charge in [-0.05, 0) is 0 Å². The molecule has 0 aromatic heterocycles. The number of nitrogens with one attached hydrogen (secondary N) is 4. The van der Waals surface area contributed by atoms with E-state index in [1.165, 1.54) is 4.90 Å². The van der Waals surface area contributed by atoms with Crippen molar-refractivity contribution in [2.24, 2.45) is 0 Å². The van der Waals surface area contributed by atoms with Crippen molar-refractivity contribution >= 4 is 17.8 Å². The van der Waals surface area contributed by atoms with Gasteiger partial charge in [-0.2, -0.15) is 0 Å². The summed E-state index contributed by atoms with van der Waals surface area (Å²) in [4.78, 5) is 35.1. The first-order valence-electron chi connectivity index (χ1n) is 5.73. The molecule has 4 amide bonds. The van der Waals surface area contributed by atoms with Crippen molar-refractivity contribution in [1.29, 1.82) is 0 Å². The summed E-state index contributed by atoms with van der Waals surface area (Å²) in [6, 6.07) is -0.612. The molecule has 8 heteroatoms. The average molecular weight is 257 g/mol. The Morgan fingerprint density at radius 2 is 2.00 bits per heavy atom. The van der Waals surface area contributed by atoms with Crippen LogP contribution in [0.2, 0.25) is 0 Å². The van der Waals surface area contributed by atoms with E-state index >= 15 is 0 Å². The largest absolute Gasteiger partial charge is 0.353 e. The maximum Gasteiger partial charge on any atom is 0.316 e. The van der Waals surface area contributed by atoms with Gasteiger partial charge in [-0.15, -0.1) is 0 Å². The fraction of sp³-hybridized carbons (Fsp3) is 0.700. The van der Waals surface area contributed by atoms with Crippen LogP contribution < -0.4 is 21.3 Å². The van der Waals surface area contributed by atoms with Gasteiger partial charge in [0.2, 0.25) is 11.8 Å². The van der Waals surface area contributed by atoms with E-state index in [2.05, 4.69) is 21.3 Å². The maximum absolute atomic E-state index is 11.6. The second-order valence-electron chi connectivity index (χ2n) is 4.15. The van der Waals surface area contributed by atoms with Crippen molar-refractivity contribution in [3.05, 3.63) is 0 Å². The molecule has 0 radical (unpaired) electrons. The molecular weight excluding hydrogens is 238 g/mol. The van der Waals surface area contributed by atoms with E-state index in [4.69, 9.17) is 0 Å². The second-order valence-corrected chi connectivity index (χ2v) is 4.15. The molecule has 1 unspecified atom stereocenters. The Morgan fingerprint density at radius 3 is 2.56 bits per heavy atom. The molecule has 0 saturated carbocycles. The summed E-state index contributed by atoms with van der Waals surface area (Å²) in [5.74, 6) is -0.300. The fourth-order valence-corrected chi connectivity index (χ4v) is 1.39. The summed E-state index contributed by atoms with van der Waals surface area (Å²) in [5, 5.41) is 10.7. The molecule has 0 aromatic rings. The van der Waals surface area contributed by atoms with E-state index in [-0.39, 0.29) is 30.9 Å². The van der Waals surface area contributed by atoms with Gasteiger partial charge in [-0.3, -0.25) is 14.9 Å². The lowest BCUT2D eigenvalue weighted by Gasteiger charge is -2.23. The molecule has 0 spiro atoms. The number of piperazine rings is 1. The van der Waals surface area contributed by atoms with Gasteiger partial charge < -0.3 is 20.9 Å². The van der Waals surface area contributed by atoms with E-state index in [0.717, 1.165) is 0 Å². The highest BCUT2D eigenvalue weighted by atomic mass is 16.2. The number of urea groups is 1. The van der Waals surface area contributed by atoms with Crippen LogP contribution in [0.5, 0.6) is 0 Å². The molecule has 8 nitrogen and oxygen atoms in total. The maximum atomic E-state index is 11.6. The van der Waals surface area contributed by atoms with E-state index in [1.807, 2.05) is 0 Å². The van der Waals surface area contributed by atoms with Gasteiger partial charge in [-0.25, -0.2) is 4.79 Å². The molecule has 0 bridgehead atoms. The van der Waals surface area contributed by atoms with Crippen LogP contribution in [-0.4, -0.2) is 69.1 Å². The third-order valence-electron chi connectivity index (χ3n) is 2.44. The van der Waals surface area contributed by atoms with Crippen molar-refractivity contribution in [1.82, 2.24) is 26.2 Å². The predicted molar refractivity (Wildman–Crippen MR) is 64.9 cm³/mol. The minimum Gasteiger partial charge on any atom is -0.353 e. The second kappa shape index (κ2) is 6.80. The lowest BCUT2D eigenvalue weighted by atomic mass is 10.2. The number of amides is 4. The normalized spacial score (nSPS) is 18.8. The van der Waals surface area contributed by atoms with Crippen molar-refractivity contribution in [3.8, 4) is 0 Å². The third-order valence-corrected chi connectivity index (χ3v) is 2.44. The number of rotatable bonds is 4. The smallest absolute Gasteiger partial charge is 0.316 e. The molecule has 4 N–H and O–H groups in total. The molecule has 102 valence electrons. The molecule has 0 aromatic carbocycles. The number of nitrogens with zero attached hydrogens (tertiary/aromatic N) is 1. The van der Waals surface area contributed by atoms with Crippen LogP contribution in [-0.2, 0) is 9.59 Å². The molecule has 1 heterocycles. The predicted octanol–water partition coefficient (Wildman–Crippen LogP) is -2.54. The van der Waals surface area contributed by atoms with Crippen molar-refractivity contribution < 1.29 is 14.4 Å². The summed E-state index contributed by atoms with van der Waals surface area (Å²) < 4.78 is 0. The number of hydrogen-bond donors (Lipinski definition) is 4. The highest BCUT2D eigenvalue weighted by molar-refractivity contribution is 5.86. The molecule has 1 aliphatic rings. The zero-order valence-electron chi connectivity index (χ0n) is 10.6. The van der Waals surface area contributed by atoms with Crippen LogP contribution in [0.1, 0.15) is 0 Å². The first-order valence-corrected chi connectivity index (χ1v) is 5.73. The molecule has 1 aliphatic heterocycles. The summed E-state index contributed by atoms with van der Waals surface area (Å²) in [5.41, 5.74) is 0. The molecule has 18 heavy (non-hydrogen) atoms. The lowest BCUT2D eigenvalue weighted by Crippen LogP contribution is -2.58. The zero-order chi connectivity index (χ0) is 13.5. The van der Waals surface area contributed by atoms with Gasteiger partial charge in [0.1, 0.15) is 6.04 Å². The van der Waals surface area contributed by atoms with E-state index in [1.54, 1.807) is 14.1 Å². The quantitative estimate of drug-likeness (QED) is 0.417. The first-order chi connectivity index (χ1) is 8.50. The fourth-order valence-electron chi connectivity index (χ4n) is 1.39. The Bertz CT molecular complexity index is 321. The summed E-state index contributed by atoms with van der Waals surface area (Å²) >= 11 is 0. The Hall–Kier alpha value is -1.83. The third kappa shape index (κ3) is 4.58. The SMILES string of the molecule is CN(C)C(=O)NCCNC(=O)C1CNC(=O)CN1. The molecule has 1 atom stereocenters. The Balaban J connectivity index is 2.14. The highest BCUT2D eigenvalue weighted by Gasteiger charge is 2.23. The summed E-state index contributed by atoms with van der Waals surface area (Å²) in [6.45, 7) is 1.15. The van der Waals surface area contributed by atoms with Crippen LogP contribution in [0, 0.1) is 0 Å². The van der Waals surface area contributed by atoms with Gasteiger partial charge in [0.15, 0.2) is 0 Å². The molecule has 1 saturated heterocycles. The minimum absolute atomic E-state index is 0.114. The Kier molecular flexibility index (Phi) is 5.37. The van der Waals surface area contributed by atoms with Crippen LogP contribution in [0.4, 0.5) is 4.79 Å². The van der Waals surface area contributed by atoms with Crippen molar-refractivity contribution in [2.75, 3.05) is 40.3 Å². The van der Waals surface area contributed by atoms with Crippen molar-refractivity contribution in [2.45, 2.75) is 6.04 Å². The van der Waals surface area contributed by atoms with Crippen LogP contribution in [0.3, 0.4) is 0 Å². The van der Waals surface area contributed by atoms with Gasteiger partial charge in [0, 0.05) is 33.7 Å². The van der Waals surface area contributed by atoms with Crippen molar-refractivity contribution in [3.63, 3.8) is 0 Å². The number of hydrogen-bond acceptors (Lipinski definition) is 4. The zero-order valence-corrected chi connectivity index (χ0v) is 10.6. The molecule has 1 rings (SSSR count). The van der Waals surface area contributed by atoms with Crippen LogP contribution in [0.15, 0.2) is 0 Å². The van der Waals surface area contributed by atoms with Gasteiger partial charge in [0.25, 0.3) is 0 Å². The monoisotopic (exact) mass is 257 g/mol. The number of carbonyl (C=O) groups is 3. The number of carbonyl (C=O) groups excluding carboxylic acids is 3. The average Bonchev–Trinajstić information content (AvgIpc) is 2.34. The Labute approximate surface area is 105 Å². The van der Waals surface area contributed by atoms with E-state index < -0.39 is 6.04 Å². The summed E-state index contributed by atoms with van der Waals surface area (Å²) in [7, 11) is 3.28. The Morgan fingerprint density at radius 1 is 1.33 bits per heavy atom. The molecule has 1 fully saturated rings. The van der Waals surface area contributed by atoms with E-state index in [9.17, 15) is 14.4 Å².